The molecule has 2 N–H and O–H groups in total. The Morgan fingerprint density at radius 3 is 2.70 bits per heavy atom. The summed E-state index contributed by atoms with van der Waals surface area (Å²) in [5.41, 5.74) is -0.860. The van der Waals surface area contributed by atoms with E-state index in [1.165, 1.54) is 6.07 Å². The molecule has 1 rings (SSSR count). The second-order valence-corrected chi connectivity index (χ2v) is 4.94. The minimum absolute atomic E-state index is 0.112. The number of rotatable bonds is 7. The third-order valence-electron chi connectivity index (χ3n) is 3.16. The third-order valence-corrected chi connectivity index (χ3v) is 3.16. The zero-order valence-electron chi connectivity index (χ0n) is 11.8. The molecule has 1 aromatic heterocycles. The second kappa shape index (κ2) is 6.83. The van der Waals surface area contributed by atoms with Crippen LogP contribution in [0.15, 0.2) is 12.3 Å². The van der Waals surface area contributed by atoms with Gasteiger partial charge in [0.2, 0.25) is 0 Å². The Morgan fingerprint density at radius 2 is 2.20 bits per heavy atom. The number of nitro groups is 1. The lowest BCUT2D eigenvalue weighted by molar-refractivity contribution is -0.385. The zero-order valence-corrected chi connectivity index (χ0v) is 11.8. The largest absolute Gasteiger partial charge is 0.477 e. The molecule has 0 aromatic carbocycles. The number of aromatic carboxylic acids is 1. The highest BCUT2D eigenvalue weighted by atomic mass is 16.6. The van der Waals surface area contributed by atoms with Crippen molar-refractivity contribution in [3.8, 4) is 0 Å². The van der Waals surface area contributed by atoms with Crippen molar-refractivity contribution >= 4 is 17.5 Å². The number of nitrogens with zero attached hydrogens (tertiary/aromatic N) is 2. The number of carbonyl (C=O) groups is 1. The number of aromatic nitrogens is 1. The average Bonchev–Trinajstić information content (AvgIpc) is 2.37. The summed E-state index contributed by atoms with van der Waals surface area (Å²) in [4.78, 5) is 24.9. The van der Waals surface area contributed by atoms with Gasteiger partial charge in [-0.05, 0) is 19.3 Å². The van der Waals surface area contributed by atoms with Crippen LogP contribution in [0.4, 0.5) is 11.5 Å². The molecule has 0 amide bonds. The molecule has 7 nitrogen and oxygen atoms in total. The Labute approximate surface area is 117 Å². The van der Waals surface area contributed by atoms with Gasteiger partial charge in [-0.25, -0.2) is 9.78 Å². The molecule has 110 valence electrons. The predicted octanol–water partition coefficient (Wildman–Crippen LogP) is 2.92. The van der Waals surface area contributed by atoms with Crippen molar-refractivity contribution in [2.24, 2.45) is 5.92 Å². The number of hydrogen-bond donors (Lipinski definition) is 2. The van der Waals surface area contributed by atoms with Crippen LogP contribution in [0.5, 0.6) is 0 Å². The van der Waals surface area contributed by atoms with Crippen molar-refractivity contribution < 1.29 is 14.8 Å². The first-order valence-corrected chi connectivity index (χ1v) is 6.49. The number of anilines is 1. The Kier molecular flexibility index (Phi) is 5.42. The van der Waals surface area contributed by atoms with Crippen LogP contribution >= 0.6 is 0 Å². The number of carboxylic acids is 1. The first-order chi connectivity index (χ1) is 9.35. The van der Waals surface area contributed by atoms with Crippen molar-refractivity contribution in [1.29, 1.82) is 0 Å². The topological polar surface area (TPSA) is 105 Å². The van der Waals surface area contributed by atoms with Crippen molar-refractivity contribution in [3.63, 3.8) is 0 Å². The van der Waals surface area contributed by atoms with Crippen LogP contribution < -0.4 is 5.32 Å². The van der Waals surface area contributed by atoms with E-state index in [2.05, 4.69) is 24.1 Å². The summed E-state index contributed by atoms with van der Waals surface area (Å²) in [5.74, 6) is -0.463. The maximum absolute atomic E-state index is 11.0. The molecular weight excluding hydrogens is 262 g/mol. The van der Waals surface area contributed by atoms with Crippen molar-refractivity contribution in [2.45, 2.75) is 39.7 Å². The van der Waals surface area contributed by atoms with Gasteiger partial charge in [0.1, 0.15) is 17.6 Å². The lowest BCUT2D eigenvalue weighted by Crippen LogP contribution is -2.19. The quantitative estimate of drug-likeness (QED) is 0.588. The van der Waals surface area contributed by atoms with E-state index in [1.54, 1.807) is 0 Å². The highest BCUT2D eigenvalue weighted by molar-refractivity contribution is 5.93. The fraction of sp³-hybridized carbons (Fsp3) is 0.538. The second-order valence-electron chi connectivity index (χ2n) is 4.94. The van der Waals surface area contributed by atoms with Crippen LogP contribution in [0, 0.1) is 16.0 Å². The fourth-order valence-corrected chi connectivity index (χ4v) is 1.93. The summed E-state index contributed by atoms with van der Waals surface area (Å²) in [5, 5.41) is 22.8. The number of hydrogen-bond acceptors (Lipinski definition) is 5. The van der Waals surface area contributed by atoms with Gasteiger partial charge in [0, 0.05) is 12.1 Å². The summed E-state index contributed by atoms with van der Waals surface area (Å²) in [6.07, 6.45) is 2.94. The minimum atomic E-state index is -1.34. The van der Waals surface area contributed by atoms with Gasteiger partial charge in [0.15, 0.2) is 0 Å². The molecule has 7 heteroatoms. The highest BCUT2D eigenvalue weighted by Crippen LogP contribution is 2.21. The van der Waals surface area contributed by atoms with Gasteiger partial charge in [-0.2, -0.15) is 0 Å². The van der Waals surface area contributed by atoms with Gasteiger partial charge in [0.25, 0.3) is 0 Å². The molecule has 1 aromatic rings. The van der Waals surface area contributed by atoms with Crippen LogP contribution in [-0.2, 0) is 0 Å². The van der Waals surface area contributed by atoms with Crippen LogP contribution in [0.25, 0.3) is 0 Å². The summed E-state index contributed by atoms with van der Waals surface area (Å²) >= 11 is 0. The molecule has 1 heterocycles. The summed E-state index contributed by atoms with van der Waals surface area (Å²) in [6.45, 7) is 6.20. The molecule has 0 aliphatic carbocycles. The van der Waals surface area contributed by atoms with Crippen molar-refractivity contribution in [3.05, 3.63) is 27.9 Å². The Balaban J connectivity index is 2.90. The molecule has 0 saturated carbocycles. The van der Waals surface area contributed by atoms with E-state index in [4.69, 9.17) is 5.11 Å². The lowest BCUT2D eigenvalue weighted by Gasteiger charge is -2.18. The molecular formula is C13H19N3O4. The van der Waals surface area contributed by atoms with E-state index in [0.717, 1.165) is 19.0 Å². The first kappa shape index (κ1) is 15.9. The maximum Gasteiger partial charge on any atom is 0.342 e. The van der Waals surface area contributed by atoms with Gasteiger partial charge in [-0.1, -0.05) is 20.3 Å². The highest BCUT2D eigenvalue weighted by Gasteiger charge is 2.21. The summed E-state index contributed by atoms with van der Waals surface area (Å²) in [6, 6.07) is 1.31. The zero-order chi connectivity index (χ0) is 15.3. The van der Waals surface area contributed by atoms with E-state index >= 15 is 0 Å². The standard InChI is InChI=1S/C13H19N3O4/c1-4-8(2)5-9(3)15-12-6-10(13(17)18)11(7-14-12)16(19)20/h6-9H,4-5H2,1-3H3,(H,14,15)(H,17,18). The maximum atomic E-state index is 11.0. The van der Waals surface area contributed by atoms with Gasteiger partial charge >= 0.3 is 11.7 Å². The minimum Gasteiger partial charge on any atom is -0.477 e. The SMILES string of the molecule is CCC(C)CC(C)Nc1cc(C(=O)O)c([N+](=O)[O-])cn1. The van der Waals surface area contributed by atoms with E-state index in [0.29, 0.717) is 11.7 Å². The number of carboxylic acid groups (broad SMARTS) is 1. The molecule has 0 saturated heterocycles. The molecule has 2 atom stereocenters. The molecule has 0 spiro atoms. The van der Waals surface area contributed by atoms with Crippen LogP contribution in [0.1, 0.15) is 44.0 Å². The monoisotopic (exact) mass is 281 g/mol. The first-order valence-electron chi connectivity index (χ1n) is 6.49. The molecule has 20 heavy (non-hydrogen) atoms. The molecule has 0 radical (unpaired) electrons. The van der Waals surface area contributed by atoms with Crippen molar-refractivity contribution in [1.82, 2.24) is 4.98 Å². The summed E-state index contributed by atoms with van der Waals surface area (Å²) < 4.78 is 0. The smallest absolute Gasteiger partial charge is 0.342 e. The number of pyridine rings is 1. The molecule has 0 aliphatic rings. The average molecular weight is 281 g/mol. The third kappa shape index (κ3) is 4.18. The Morgan fingerprint density at radius 1 is 1.55 bits per heavy atom. The van der Waals surface area contributed by atoms with E-state index in [-0.39, 0.29) is 11.6 Å². The molecule has 0 fully saturated rings. The van der Waals surface area contributed by atoms with Crippen LogP contribution in [0.2, 0.25) is 0 Å². The lowest BCUT2D eigenvalue weighted by atomic mass is 10.0. The normalized spacial score (nSPS) is 13.6. The Hall–Kier alpha value is -2.18. The van der Waals surface area contributed by atoms with Gasteiger partial charge in [-0.3, -0.25) is 10.1 Å². The van der Waals surface area contributed by atoms with Gasteiger partial charge < -0.3 is 10.4 Å². The molecule has 2 unspecified atom stereocenters. The van der Waals surface area contributed by atoms with Gasteiger partial charge in [0.05, 0.1) is 4.92 Å². The van der Waals surface area contributed by atoms with Gasteiger partial charge in [-0.15, -0.1) is 0 Å². The fourth-order valence-electron chi connectivity index (χ4n) is 1.93. The van der Waals surface area contributed by atoms with E-state index in [9.17, 15) is 14.9 Å². The number of nitrogens with one attached hydrogen (secondary N) is 1. The Bertz CT molecular complexity index is 504. The van der Waals surface area contributed by atoms with Crippen LogP contribution in [0.3, 0.4) is 0 Å². The molecule has 0 aliphatic heterocycles. The van der Waals surface area contributed by atoms with E-state index in [1.807, 2.05) is 6.92 Å². The summed E-state index contributed by atoms with van der Waals surface area (Å²) in [7, 11) is 0. The molecule has 0 bridgehead atoms. The van der Waals surface area contributed by atoms with Crippen molar-refractivity contribution in [2.75, 3.05) is 5.32 Å². The van der Waals surface area contributed by atoms with E-state index < -0.39 is 16.6 Å². The van der Waals surface area contributed by atoms with Crippen LogP contribution in [-0.4, -0.2) is 27.0 Å². The predicted molar refractivity (Wildman–Crippen MR) is 75.0 cm³/mol.